The lowest BCUT2D eigenvalue weighted by Crippen LogP contribution is -2.47. The van der Waals surface area contributed by atoms with Gasteiger partial charge in [-0.2, -0.15) is 0 Å². The Balaban J connectivity index is 2.04. The van der Waals surface area contributed by atoms with Crippen LogP contribution in [0.5, 0.6) is 5.75 Å². The van der Waals surface area contributed by atoms with Crippen LogP contribution in [0, 0.1) is 0 Å². The molecule has 8 nitrogen and oxygen atoms in total. The Morgan fingerprint density at radius 3 is 2.88 bits per heavy atom. The van der Waals surface area contributed by atoms with Crippen molar-refractivity contribution in [2.24, 2.45) is 0 Å². The second-order valence-corrected chi connectivity index (χ2v) is 5.53. The van der Waals surface area contributed by atoms with E-state index < -0.39 is 0 Å². The third kappa shape index (κ3) is 4.91. The van der Waals surface area contributed by atoms with Crippen LogP contribution in [0.15, 0.2) is 18.3 Å². The van der Waals surface area contributed by atoms with Gasteiger partial charge in [0.2, 0.25) is 5.91 Å². The number of rotatable bonds is 8. The fourth-order valence-corrected chi connectivity index (χ4v) is 2.52. The number of esters is 1. The van der Waals surface area contributed by atoms with Crippen molar-refractivity contribution in [2.75, 3.05) is 37.7 Å². The predicted molar refractivity (Wildman–Crippen MR) is 90.2 cm³/mol. The van der Waals surface area contributed by atoms with Crippen LogP contribution in [0.25, 0.3) is 0 Å². The Hall–Kier alpha value is -2.64. The summed E-state index contributed by atoms with van der Waals surface area (Å²) in [5, 5.41) is 0. The van der Waals surface area contributed by atoms with Crippen molar-refractivity contribution >= 4 is 23.6 Å². The molecule has 0 spiro atoms. The third-order valence-electron chi connectivity index (χ3n) is 3.69. The zero-order valence-electron chi connectivity index (χ0n) is 14.6. The molecule has 25 heavy (non-hydrogen) atoms. The highest BCUT2D eigenvalue weighted by Gasteiger charge is 2.29. The van der Waals surface area contributed by atoms with Crippen LogP contribution in [0.1, 0.15) is 26.7 Å². The Morgan fingerprint density at radius 2 is 2.16 bits per heavy atom. The van der Waals surface area contributed by atoms with E-state index in [1.807, 2.05) is 6.92 Å². The molecule has 1 aliphatic rings. The van der Waals surface area contributed by atoms with Gasteiger partial charge in [-0.1, -0.05) is 6.92 Å². The number of hydrogen-bond acceptors (Lipinski definition) is 6. The number of carbonyl (C=O) groups is 3. The van der Waals surface area contributed by atoms with E-state index in [1.54, 1.807) is 30.2 Å². The van der Waals surface area contributed by atoms with Gasteiger partial charge < -0.3 is 14.4 Å². The number of pyridine rings is 1. The van der Waals surface area contributed by atoms with Crippen molar-refractivity contribution in [1.82, 2.24) is 9.88 Å². The van der Waals surface area contributed by atoms with Gasteiger partial charge in [0.1, 0.15) is 6.54 Å². The highest BCUT2D eigenvalue weighted by Crippen LogP contribution is 2.28. The largest absolute Gasteiger partial charge is 0.480 e. The quantitative estimate of drug-likeness (QED) is 0.651. The minimum Gasteiger partial charge on any atom is -0.480 e. The molecule has 2 rings (SSSR count). The molecule has 0 aliphatic carbocycles. The molecule has 0 fully saturated rings. The summed E-state index contributed by atoms with van der Waals surface area (Å²) in [5.74, 6) is -0.0809. The van der Waals surface area contributed by atoms with Gasteiger partial charge in [0.05, 0.1) is 13.0 Å². The zero-order valence-corrected chi connectivity index (χ0v) is 14.6. The number of anilines is 1. The first kappa shape index (κ1) is 18.7. The van der Waals surface area contributed by atoms with Gasteiger partial charge in [0.25, 0.3) is 5.91 Å². The average Bonchev–Trinajstić information content (AvgIpc) is 2.61. The molecule has 0 saturated carbocycles. The molecular weight excluding hydrogens is 326 g/mol. The number of nitrogens with zero attached hydrogens (tertiary/aromatic N) is 3. The van der Waals surface area contributed by atoms with Crippen molar-refractivity contribution in [1.29, 1.82) is 0 Å². The average molecular weight is 349 g/mol. The Labute approximate surface area is 146 Å². The number of amides is 2. The second kappa shape index (κ2) is 9.00. The minimum atomic E-state index is -0.342. The van der Waals surface area contributed by atoms with Gasteiger partial charge in [-0.3, -0.25) is 19.3 Å². The standard InChI is InChI=1S/C17H23N3O5/c1-3-9-19(10-7-16(23)24-4-2)14(21)11-20-15(22)12-25-13-6-5-8-18-17(13)20/h5-6,8H,3-4,7,9-12H2,1-2H3. The lowest BCUT2D eigenvalue weighted by Gasteiger charge is -2.30. The van der Waals surface area contributed by atoms with Crippen molar-refractivity contribution < 1.29 is 23.9 Å². The van der Waals surface area contributed by atoms with Crippen LogP contribution in [0.2, 0.25) is 0 Å². The summed E-state index contributed by atoms with van der Waals surface area (Å²) in [6, 6.07) is 3.41. The molecule has 1 aromatic rings. The lowest BCUT2D eigenvalue weighted by molar-refractivity contribution is -0.144. The van der Waals surface area contributed by atoms with Gasteiger partial charge in [-0.15, -0.1) is 0 Å². The van der Waals surface area contributed by atoms with Crippen LogP contribution in [0.4, 0.5) is 5.82 Å². The van der Waals surface area contributed by atoms with Gasteiger partial charge in [-0.05, 0) is 25.5 Å². The van der Waals surface area contributed by atoms with Crippen molar-refractivity contribution in [3.63, 3.8) is 0 Å². The number of aromatic nitrogens is 1. The molecule has 1 aromatic heterocycles. The zero-order chi connectivity index (χ0) is 18.2. The smallest absolute Gasteiger partial charge is 0.307 e. The molecule has 0 atom stereocenters. The van der Waals surface area contributed by atoms with E-state index in [1.165, 1.54) is 4.90 Å². The highest BCUT2D eigenvalue weighted by atomic mass is 16.5. The van der Waals surface area contributed by atoms with Gasteiger partial charge in [0, 0.05) is 19.3 Å². The Morgan fingerprint density at radius 1 is 1.36 bits per heavy atom. The van der Waals surface area contributed by atoms with Crippen molar-refractivity contribution in [3.8, 4) is 5.75 Å². The molecule has 0 radical (unpaired) electrons. The van der Waals surface area contributed by atoms with Crippen LogP contribution in [-0.2, 0) is 19.1 Å². The second-order valence-electron chi connectivity index (χ2n) is 5.53. The molecule has 1 aliphatic heterocycles. The third-order valence-corrected chi connectivity index (χ3v) is 3.69. The summed E-state index contributed by atoms with van der Waals surface area (Å²) in [6.07, 6.45) is 2.43. The Bertz CT molecular complexity index is 634. The first-order chi connectivity index (χ1) is 12.1. The van der Waals surface area contributed by atoms with Gasteiger partial charge in [-0.25, -0.2) is 4.98 Å². The maximum atomic E-state index is 12.6. The molecule has 0 aromatic carbocycles. The predicted octanol–water partition coefficient (Wildman–Crippen LogP) is 0.999. The van der Waals surface area contributed by atoms with E-state index in [2.05, 4.69) is 4.98 Å². The number of fused-ring (bicyclic) bond motifs is 1. The fraction of sp³-hybridized carbons (Fsp3) is 0.529. The molecule has 0 bridgehead atoms. The highest BCUT2D eigenvalue weighted by molar-refractivity contribution is 6.01. The summed E-state index contributed by atoms with van der Waals surface area (Å²) in [4.78, 5) is 43.4. The monoisotopic (exact) mass is 349 g/mol. The maximum Gasteiger partial charge on any atom is 0.307 e. The van der Waals surface area contributed by atoms with Crippen LogP contribution >= 0.6 is 0 Å². The molecule has 0 saturated heterocycles. The minimum absolute atomic E-state index is 0.122. The first-order valence-corrected chi connectivity index (χ1v) is 8.38. The van der Waals surface area contributed by atoms with Crippen molar-refractivity contribution in [2.45, 2.75) is 26.7 Å². The van der Waals surface area contributed by atoms with Crippen molar-refractivity contribution in [3.05, 3.63) is 18.3 Å². The van der Waals surface area contributed by atoms with E-state index in [4.69, 9.17) is 9.47 Å². The van der Waals surface area contributed by atoms with E-state index in [0.29, 0.717) is 24.7 Å². The molecule has 2 amide bonds. The van der Waals surface area contributed by atoms with E-state index >= 15 is 0 Å². The number of ether oxygens (including phenoxy) is 2. The Kier molecular flexibility index (Phi) is 6.73. The molecule has 0 unspecified atom stereocenters. The van der Waals surface area contributed by atoms with E-state index in [-0.39, 0.29) is 43.9 Å². The van der Waals surface area contributed by atoms with E-state index in [9.17, 15) is 14.4 Å². The topological polar surface area (TPSA) is 89.0 Å². The van der Waals surface area contributed by atoms with Gasteiger partial charge >= 0.3 is 5.97 Å². The van der Waals surface area contributed by atoms with Crippen LogP contribution < -0.4 is 9.64 Å². The summed E-state index contributed by atoms with van der Waals surface area (Å²) in [7, 11) is 0. The molecule has 8 heteroatoms. The summed E-state index contributed by atoms with van der Waals surface area (Å²) >= 11 is 0. The summed E-state index contributed by atoms with van der Waals surface area (Å²) in [5.41, 5.74) is 0. The SMILES string of the molecule is CCCN(CCC(=O)OCC)C(=O)CN1C(=O)COc2cccnc21. The summed E-state index contributed by atoms with van der Waals surface area (Å²) in [6.45, 7) is 4.51. The molecule has 136 valence electrons. The lowest BCUT2D eigenvalue weighted by atomic mass is 10.3. The molecular formula is C17H23N3O5. The first-order valence-electron chi connectivity index (χ1n) is 8.38. The fourth-order valence-electron chi connectivity index (χ4n) is 2.52. The maximum absolute atomic E-state index is 12.6. The number of carbonyl (C=O) groups excluding carboxylic acids is 3. The normalized spacial score (nSPS) is 13.0. The van der Waals surface area contributed by atoms with Crippen LogP contribution in [-0.4, -0.2) is 60.5 Å². The number of hydrogen-bond donors (Lipinski definition) is 0. The molecule has 0 N–H and O–H groups in total. The summed E-state index contributed by atoms with van der Waals surface area (Å²) < 4.78 is 10.2. The van der Waals surface area contributed by atoms with Gasteiger partial charge in [0.15, 0.2) is 18.2 Å². The van der Waals surface area contributed by atoms with Crippen LogP contribution in [0.3, 0.4) is 0 Å². The van der Waals surface area contributed by atoms with E-state index in [0.717, 1.165) is 6.42 Å². The molecule has 2 heterocycles.